The highest BCUT2D eigenvalue weighted by Crippen LogP contribution is 2.34. The van der Waals surface area contributed by atoms with Crippen molar-refractivity contribution in [3.63, 3.8) is 0 Å². The number of rotatable bonds is 4. The van der Waals surface area contributed by atoms with Crippen LogP contribution in [0.4, 0.5) is 3.89 Å². The Balaban J connectivity index is 2.35. The molecule has 9 heteroatoms. The monoisotopic (exact) mass is 361 g/mol. The van der Waals surface area contributed by atoms with Crippen LogP contribution in [0.5, 0.6) is 17.2 Å². The molecule has 0 unspecified atom stereocenters. The summed E-state index contributed by atoms with van der Waals surface area (Å²) in [6.45, 7) is 0. The highest BCUT2D eigenvalue weighted by atomic mass is 35.5. The standard InChI is InChI=1S/C13H6Cl2FNO4S/c14-9-3-8(7-17)4-11(5-9)20-13-6-10(1-2-12(13)15)21-22(16,18)19/h1-6H. The lowest BCUT2D eigenvalue weighted by Gasteiger charge is -2.09. The first kappa shape index (κ1) is 16.4. The summed E-state index contributed by atoms with van der Waals surface area (Å²) < 4.78 is 43.0. The van der Waals surface area contributed by atoms with Gasteiger partial charge >= 0.3 is 10.5 Å². The lowest BCUT2D eigenvalue weighted by Crippen LogP contribution is -2.01. The molecule has 0 aliphatic heterocycles. The summed E-state index contributed by atoms with van der Waals surface area (Å²) in [4.78, 5) is 0. The summed E-state index contributed by atoms with van der Waals surface area (Å²) in [6.07, 6.45) is 0. The van der Waals surface area contributed by atoms with E-state index in [1.807, 2.05) is 6.07 Å². The van der Waals surface area contributed by atoms with Crippen molar-refractivity contribution < 1.29 is 21.2 Å². The molecule has 0 atom stereocenters. The third-order valence-corrected chi connectivity index (χ3v) is 3.25. The molecule has 0 fully saturated rings. The van der Waals surface area contributed by atoms with Crippen LogP contribution >= 0.6 is 23.2 Å². The van der Waals surface area contributed by atoms with E-state index in [1.165, 1.54) is 24.3 Å². The van der Waals surface area contributed by atoms with Crippen LogP contribution in [0.1, 0.15) is 5.56 Å². The second kappa shape index (κ2) is 6.40. The van der Waals surface area contributed by atoms with Crippen molar-refractivity contribution in [1.82, 2.24) is 0 Å². The van der Waals surface area contributed by atoms with Gasteiger partial charge in [0.15, 0.2) is 0 Å². The van der Waals surface area contributed by atoms with Gasteiger partial charge in [0.25, 0.3) is 0 Å². The molecule has 0 spiro atoms. The fourth-order valence-corrected chi connectivity index (χ4v) is 2.26. The van der Waals surface area contributed by atoms with E-state index in [0.29, 0.717) is 0 Å². The summed E-state index contributed by atoms with van der Waals surface area (Å²) in [5, 5.41) is 9.25. The summed E-state index contributed by atoms with van der Waals surface area (Å²) in [5.41, 5.74) is 0.261. The Morgan fingerprint density at radius 2 is 1.82 bits per heavy atom. The Morgan fingerprint density at radius 3 is 2.45 bits per heavy atom. The first-order valence-electron chi connectivity index (χ1n) is 5.59. The molecule has 0 bridgehead atoms. The number of halogens is 3. The minimum absolute atomic E-state index is 0.00831. The smallest absolute Gasteiger partial charge is 0.456 e. The summed E-state index contributed by atoms with van der Waals surface area (Å²) in [6, 6.07) is 9.69. The van der Waals surface area contributed by atoms with Crippen LogP contribution in [0.2, 0.25) is 10.0 Å². The fourth-order valence-electron chi connectivity index (χ4n) is 1.54. The molecule has 0 aliphatic carbocycles. The Bertz CT molecular complexity index is 865. The number of benzene rings is 2. The van der Waals surface area contributed by atoms with Crippen molar-refractivity contribution in [2.75, 3.05) is 0 Å². The molecule has 5 nitrogen and oxygen atoms in total. The lowest BCUT2D eigenvalue weighted by atomic mass is 10.2. The summed E-state index contributed by atoms with van der Waals surface area (Å²) >= 11 is 11.7. The van der Waals surface area contributed by atoms with E-state index >= 15 is 0 Å². The van der Waals surface area contributed by atoms with Crippen LogP contribution in [-0.4, -0.2) is 8.42 Å². The molecule has 0 radical (unpaired) electrons. The van der Waals surface area contributed by atoms with Gasteiger partial charge in [0.1, 0.15) is 17.2 Å². The van der Waals surface area contributed by atoms with Crippen LogP contribution in [0, 0.1) is 11.3 Å². The van der Waals surface area contributed by atoms with Crippen molar-refractivity contribution >= 4 is 33.7 Å². The van der Waals surface area contributed by atoms with E-state index in [1.54, 1.807) is 0 Å². The zero-order valence-electron chi connectivity index (χ0n) is 10.6. The van der Waals surface area contributed by atoms with Crippen molar-refractivity contribution in [3.05, 3.63) is 52.0 Å². The number of hydrogen-bond donors (Lipinski definition) is 0. The van der Waals surface area contributed by atoms with Gasteiger partial charge in [-0.05, 0) is 30.3 Å². The van der Waals surface area contributed by atoms with E-state index in [9.17, 15) is 12.3 Å². The van der Waals surface area contributed by atoms with Crippen LogP contribution in [0.25, 0.3) is 0 Å². The molecule has 22 heavy (non-hydrogen) atoms. The van der Waals surface area contributed by atoms with Gasteiger partial charge in [-0.1, -0.05) is 27.1 Å². The molecule has 2 aromatic rings. The number of nitriles is 1. The van der Waals surface area contributed by atoms with Crippen molar-refractivity contribution in [2.45, 2.75) is 0 Å². The van der Waals surface area contributed by atoms with Gasteiger partial charge in [0, 0.05) is 11.1 Å². The highest BCUT2D eigenvalue weighted by Gasteiger charge is 2.13. The van der Waals surface area contributed by atoms with Crippen molar-refractivity contribution in [3.8, 4) is 23.3 Å². The van der Waals surface area contributed by atoms with E-state index in [2.05, 4.69) is 4.18 Å². The minimum Gasteiger partial charge on any atom is -0.456 e. The van der Waals surface area contributed by atoms with Gasteiger partial charge in [-0.25, -0.2) is 0 Å². The fraction of sp³-hybridized carbons (Fsp3) is 0. The molecule has 2 aromatic carbocycles. The number of ether oxygens (including phenoxy) is 1. The Hall–Kier alpha value is -2.01. The van der Waals surface area contributed by atoms with Gasteiger partial charge in [0.2, 0.25) is 0 Å². The zero-order chi connectivity index (χ0) is 16.3. The molecule has 0 aromatic heterocycles. The molecule has 0 N–H and O–H groups in total. The van der Waals surface area contributed by atoms with Crippen LogP contribution in [0.15, 0.2) is 36.4 Å². The average Bonchev–Trinajstić information content (AvgIpc) is 2.40. The van der Waals surface area contributed by atoms with Crippen LogP contribution in [-0.2, 0) is 10.5 Å². The van der Waals surface area contributed by atoms with Crippen molar-refractivity contribution in [1.29, 1.82) is 5.26 Å². The second-order valence-corrected chi connectivity index (χ2v) is 5.75. The Labute approximate surface area is 135 Å². The molecule has 0 saturated carbocycles. The molecule has 2 rings (SSSR count). The third kappa shape index (κ3) is 4.49. The minimum atomic E-state index is -5.16. The predicted molar refractivity (Wildman–Crippen MR) is 78.3 cm³/mol. The molecular weight excluding hydrogens is 356 g/mol. The van der Waals surface area contributed by atoms with Gasteiger partial charge in [0.05, 0.1) is 16.7 Å². The molecule has 0 amide bonds. The van der Waals surface area contributed by atoms with E-state index in [-0.39, 0.29) is 32.9 Å². The van der Waals surface area contributed by atoms with Gasteiger partial charge in [-0.3, -0.25) is 0 Å². The lowest BCUT2D eigenvalue weighted by molar-refractivity contribution is 0.436. The number of nitrogens with zero attached hydrogens (tertiary/aromatic N) is 1. The topological polar surface area (TPSA) is 76.4 Å². The molecule has 0 aliphatic rings. The molecular formula is C13H6Cl2FNO4S. The first-order chi connectivity index (χ1) is 10.3. The first-order valence-corrected chi connectivity index (χ1v) is 7.65. The van der Waals surface area contributed by atoms with E-state index in [0.717, 1.165) is 12.1 Å². The largest absolute Gasteiger partial charge is 0.488 e. The Morgan fingerprint density at radius 1 is 1.09 bits per heavy atom. The maximum atomic E-state index is 12.5. The second-order valence-electron chi connectivity index (χ2n) is 3.96. The molecule has 0 saturated heterocycles. The van der Waals surface area contributed by atoms with Crippen molar-refractivity contribution in [2.24, 2.45) is 0 Å². The van der Waals surface area contributed by atoms with Crippen LogP contribution < -0.4 is 8.92 Å². The predicted octanol–water partition coefficient (Wildman–Crippen LogP) is 4.25. The van der Waals surface area contributed by atoms with Crippen LogP contribution in [0.3, 0.4) is 0 Å². The van der Waals surface area contributed by atoms with Gasteiger partial charge < -0.3 is 8.92 Å². The van der Waals surface area contributed by atoms with Gasteiger partial charge in [-0.2, -0.15) is 13.7 Å². The average molecular weight is 362 g/mol. The quantitative estimate of drug-likeness (QED) is 0.760. The van der Waals surface area contributed by atoms with E-state index < -0.39 is 10.5 Å². The normalized spacial score (nSPS) is 10.8. The van der Waals surface area contributed by atoms with Gasteiger partial charge in [-0.15, -0.1) is 0 Å². The summed E-state index contributed by atoms with van der Waals surface area (Å²) in [7, 11) is -5.16. The third-order valence-electron chi connectivity index (χ3n) is 2.33. The summed E-state index contributed by atoms with van der Waals surface area (Å²) in [5.74, 6) is -0.107. The molecule has 114 valence electrons. The number of hydrogen-bond acceptors (Lipinski definition) is 5. The Kier molecular flexibility index (Phi) is 4.76. The van der Waals surface area contributed by atoms with E-state index in [4.69, 9.17) is 33.2 Å². The molecule has 0 heterocycles. The maximum absolute atomic E-state index is 12.5. The zero-order valence-corrected chi connectivity index (χ0v) is 12.9. The SMILES string of the molecule is N#Cc1cc(Cl)cc(Oc2cc(OS(=O)(=O)F)ccc2Cl)c1. The highest BCUT2D eigenvalue weighted by molar-refractivity contribution is 7.81. The maximum Gasteiger partial charge on any atom is 0.488 e.